The summed E-state index contributed by atoms with van der Waals surface area (Å²) in [6.45, 7) is 0.335. The predicted molar refractivity (Wildman–Crippen MR) is 52.1 cm³/mol. The van der Waals surface area contributed by atoms with Crippen LogP contribution in [-0.4, -0.2) is 24.3 Å². The fourth-order valence-corrected chi connectivity index (χ4v) is 1.21. The Morgan fingerprint density at radius 1 is 1.64 bits per heavy atom. The van der Waals surface area contributed by atoms with Crippen LogP contribution >= 0.6 is 11.6 Å². The van der Waals surface area contributed by atoms with E-state index in [0.717, 1.165) is 12.8 Å². The molecule has 0 aliphatic heterocycles. The summed E-state index contributed by atoms with van der Waals surface area (Å²) in [6.07, 6.45) is 3.09. The van der Waals surface area contributed by atoms with Crippen LogP contribution in [0.4, 0.5) is 4.79 Å². The van der Waals surface area contributed by atoms with Crippen molar-refractivity contribution in [3.8, 4) is 0 Å². The first-order chi connectivity index (χ1) is 6.74. The van der Waals surface area contributed by atoms with Crippen LogP contribution in [-0.2, 0) is 9.53 Å². The van der Waals surface area contributed by atoms with Crippen molar-refractivity contribution in [1.82, 2.24) is 5.32 Å². The van der Waals surface area contributed by atoms with Crippen molar-refractivity contribution < 1.29 is 14.3 Å². The summed E-state index contributed by atoms with van der Waals surface area (Å²) in [5, 5.41) is 2.41. The van der Waals surface area contributed by atoms with Gasteiger partial charge in [-0.2, -0.15) is 0 Å². The molecule has 0 spiro atoms. The topological polar surface area (TPSA) is 55.4 Å². The van der Waals surface area contributed by atoms with Crippen molar-refractivity contribution in [2.45, 2.75) is 19.3 Å². The number of carbonyl (C=O) groups excluding carboxylic acids is 2. The zero-order chi connectivity index (χ0) is 10.4. The quantitative estimate of drug-likeness (QED) is 0.731. The van der Waals surface area contributed by atoms with Crippen molar-refractivity contribution in [2.75, 3.05) is 12.4 Å². The standard InChI is InChI=1S/C9H12ClNO3/c10-5-6-11-9(13)14-8-4-2-1-3-7(8)12/h4H,1-3,5-6H2,(H,11,13). The highest BCUT2D eigenvalue weighted by Crippen LogP contribution is 2.14. The zero-order valence-electron chi connectivity index (χ0n) is 7.72. The van der Waals surface area contributed by atoms with E-state index in [9.17, 15) is 9.59 Å². The molecule has 1 aliphatic rings. The summed E-state index contributed by atoms with van der Waals surface area (Å²) in [7, 11) is 0. The van der Waals surface area contributed by atoms with Crippen LogP contribution in [0.25, 0.3) is 0 Å². The van der Waals surface area contributed by atoms with Gasteiger partial charge in [-0.05, 0) is 18.9 Å². The molecule has 0 aromatic rings. The summed E-state index contributed by atoms with van der Waals surface area (Å²) in [5.74, 6) is 0.364. The van der Waals surface area contributed by atoms with Crippen molar-refractivity contribution in [1.29, 1.82) is 0 Å². The number of nitrogens with one attached hydrogen (secondary N) is 1. The summed E-state index contributed by atoms with van der Waals surface area (Å²) < 4.78 is 4.81. The molecule has 0 unspecified atom stereocenters. The Balaban J connectivity index is 2.39. The van der Waals surface area contributed by atoms with Gasteiger partial charge in [-0.15, -0.1) is 11.6 Å². The molecular formula is C9H12ClNO3. The molecule has 0 bridgehead atoms. The fourth-order valence-electron chi connectivity index (χ4n) is 1.12. The lowest BCUT2D eigenvalue weighted by Gasteiger charge is -2.11. The molecule has 1 N–H and O–H groups in total. The molecule has 5 heteroatoms. The van der Waals surface area contributed by atoms with Crippen molar-refractivity contribution in [2.24, 2.45) is 0 Å². The smallest absolute Gasteiger partial charge is 0.407 e. The molecule has 1 aliphatic carbocycles. The summed E-state index contributed by atoms with van der Waals surface area (Å²) in [6, 6.07) is 0. The molecule has 0 aromatic carbocycles. The lowest BCUT2D eigenvalue weighted by atomic mass is 10.1. The first-order valence-corrected chi connectivity index (χ1v) is 5.02. The molecule has 0 aromatic heterocycles. The van der Waals surface area contributed by atoms with E-state index in [-0.39, 0.29) is 11.5 Å². The number of alkyl carbamates (subject to hydrolysis) is 1. The maximum absolute atomic E-state index is 11.2. The number of alkyl halides is 1. The van der Waals surface area contributed by atoms with E-state index in [0.29, 0.717) is 18.8 Å². The van der Waals surface area contributed by atoms with Crippen molar-refractivity contribution in [3.05, 3.63) is 11.8 Å². The number of ether oxygens (including phenoxy) is 1. The molecule has 4 nitrogen and oxygen atoms in total. The molecule has 0 fully saturated rings. The van der Waals surface area contributed by atoms with E-state index in [1.165, 1.54) is 0 Å². The van der Waals surface area contributed by atoms with Gasteiger partial charge in [-0.3, -0.25) is 4.79 Å². The van der Waals surface area contributed by atoms with E-state index < -0.39 is 6.09 Å². The van der Waals surface area contributed by atoms with E-state index in [2.05, 4.69) is 5.32 Å². The highest BCUT2D eigenvalue weighted by Gasteiger charge is 2.17. The number of hydrogen-bond donors (Lipinski definition) is 1. The van der Waals surface area contributed by atoms with E-state index in [1.807, 2.05) is 0 Å². The highest BCUT2D eigenvalue weighted by atomic mass is 35.5. The maximum Gasteiger partial charge on any atom is 0.412 e. The van der Waals surface area contributed by atoms with Gasteiger partial charge in [0.2, 0.25) is 0 Å². The van der Waals surface area contributed by atoms with Crippen molar-refractivity contribution in [3.63, 3.8) is 0 Å². The number of halogens is 1. The molecule has 0 radical (unpaired) electrons. The van der Waals surface area contributed by atoms with Gasteiger partial charge < -0.3 is 10.1 Å². The van der Waals surface area contributed by atoms with Crippen LogP contribution in [0.3, 0.4) is 0 Å². The Bertz CT molecular complexity index is 263. The third-order valence-corrected chi connectivity index (χ3v) is 1.97. The number of amides is 1. The van der Waals surface area contributed by atoms with Crippen LogP contribution < -0.4 is 5.32 Å². The van der Waals surface area contributed by atoms with E-state index in [1.54, 1.807) is 6.08 Å². The molecule has 0 saturated carbocycles. The van der Waals surface area contributed by atoms with E-state index >= 15 is 0 Å². The van der Waals surface area contributed by atoms with Gasteiger partial charge in [0.25, 0.3) is 0 Å². The number of carbonyl (C=O) groups is 2. The van der Waals surface area contributed by atoms with Gasteiger partial charge >= 0.3 is 6.09 Å². The lowest BCUT2D eigenvalue weighted by Crippen LogP contribution is -2.27. The van der Waals surface area contributed by atoms with E-state index in [4.69, 9.17) is 16.3 Å². The SMILES string of the molecule is O=C(NCCCl)OC1=CCCCC1=O. The Morgan fingerprint density at radius 2 is 2.43 bits per heavy atom. The second-order valence-corrected chi connectivity index (χ2v) is 3.27. The Morgan fingerprint density at radius 3 is 3.07 bits per heavy atom. The number of Topliss-reactive ketones (excluding diaryl/α,β-unsaturated/α-hetero) is 1. The monoisotopic (exact) mass is 217 g/mol. The van der Waals surface area contributed by atoms with Crippen LogP contribution in [0.5, 0.6) is 0 Å². The molecule has 0 atom stereocenters. The Labute approximate surface area is 87.3 Å². The van der Waals surface area contributed by atoms with Crippen LogP contribution in [0.15, 0.2) is 11.8 Å². The fraction of sp³-hybridized carbons (Fsp3) is 0.556. The number of hydrogen-bond acceptors (Lipinski definition) is 3. The third kappa shape index (κ3) is 3.38. The first-order valence-electron chi connectivity index (χ1n) is 4.49. The third-order valence-electron chi connectivity index (χ3n) is 1.78. The van der Waals surface area contributed by atoms with Gasteiger partial charge in [-0.1, -0.05) is 0 Å². The van der Waals surface area contributed by atoms with Crippen LogP contribution in [0, 0.1) is 0 Å². The minimum absolute atomic E-state index is 0.114. The summed E-state index contributed by atoms with van der Waals surface area (Å²) in [4.78, 5) is 22.2. The first kappa shape index (κ1) is 11.0. The molecule has 1 rings (SSSR count). The second-order valence-electron chi connectivity index (χ2n) is 2.89. The minimum atomic E-state index is -0.618. The second kappa shape index (κ2) is 5.65. The average Bonchev–Trinajstić information content (AvgIpc) is 2.18. The largest absolute Gasteiger partial charge is 0.412 e. The zero-order valence-corrected chi connectivity index (χ0v) is 8.47. The molecule has 1 amide bonds. The number of allylic oxidation sites excluding steroid dienone is 2. The Hall–Kier alpha value is -1.03. The number of ketones is 1. The lowest BCUT2D eigenvalue weighted by molar-refractivity contribution is -0.118. The highest BCUT2D eigenvalue weighted by molar-refractivity contribution is 6.18. The van der Waals surface area contributed by atoms with Crippen LogP contribution in [0.2, 0.25) is 0 Å². The molecule has 0 saturated heterocycles. The Kier molecular flexibility index (Phi) is 4.46. The van der Waals surface area contributed by atoms with Gasteiger partial charge in [-0.25, -0.2) is 4.79 Å². The predicted octanol–water partition coefficient (Wildman–Crippen LogP) is 1.59. The summed E-state index contributed by atoms with van der Waals surface area (Å²) in [5.41, 5.74) is 0. The van der Waals surface area contributed by atoms with Gasteiger partial charge in [0, 0.05) is 18.8 Å². The normalized spacial score (nSPS) is 16.1. The molecular weight excluding hydrogens is 206 g/mol. The maximum atomic E-state index is 11.2. The van der Waals surface area contributed by atoms with Gasteiger partial charge in [0.1, 0.15) is 0 Å². The minimum Gasteiger partial charge on any atom is -0.407 e. The van der Waals surface area contributed by atoms with Crippen LogP contribution in [0.1, 0.15) is 19.3 Å². The average molecular weight is 218 g/mol. The molecule has 78 valence electrons. The number of rotatable bonds is 3. The molecule has 0 heterocycles. The van der Waals surface area contributed by atoms with Crippen molar-refractivity contribution >= 4 is 23.5 Å². The molecule has 14 heavy (non-hydrogen) atoms. The van der Waals surface area contributed by atoms with Gasteiger partial charge in [0.15, 0.2) is 11.5 Å². The summed E-state index contributed by atoms with van der Waals surface area (Å²) >= 11 is 5.37. The van der Waals surface area contributed by atoms with Gasteiger partial charge in [0.05, 0.1) is 0 Å².